The molecule has 1 amide bonds. The highest BCUT2D eigenvalue weighted by Crippen LogP contribution is 1.98. The Hall–Kier alpha value is -1.78. The molecule has 0 aliphatic rings. The first-order chi connectivity index (χ1) is 6.56. The van der Waals surface area contributed by atoms with Gasteiger partial charge in [0, 0.05) is 12.7 Å². The van der Waals surface area contributed by atoms with Crippen molar-refractivity contribution in [1.29, 1.82) is 0 Å². The van der Waals surface area contributed by atoms with Crippen molar-refractivity contribution in [2.24, 2.45) is 0 Å². The third-order valence-corrected chi connectivity index (χ3v) is 2.00. The van der Waals surface area contributed by atoms with E-state index in [1.54, 1.807) is 13.0 Å². The molecule has 1 aromatic rings. The van der Waals surface area contributed by atoms with E-state index in [1.807, 2.05) is 0 Å². The van der Waals surface area contributed by atoms with Crippen LogP contribution in [0.25, 0.3) is 0 Å². The first kappa shape index (κ1) is 10.3. The lowest BCUT2D eigenvalue weighted by molar-refractivity contribution is -0.121. The number of nitrogens with zero attached hydrogens (tertiary/aromatic N) is 1. The van der Waals surface area contributed by atoms with Gasteiger partial charge in [0.2, 0.25) is 5.91 Å². The first-order valence-corrected chi connectivity index (χ1v) is 4.22. The summed E-state index contributed by atoms with van der Waals surface area (Å²) >= 11 is 0. The van der Waals surface area contributed by atoms with Crippen LogP contribution in [0.3, 0.4) is 0 Å². The fraction of sp³-hybridized carbons (Fsp3) is 0.333. The molecule has 0 radical (unpaired) electrons. The topological polar surface area (TPSA) is 77.1 Å². The number of nitrogens with two attached hydrogens (primary N) is 1. The highest BCUT2D eigenvalue weighted by molar-refractivity contribution is 5.75. The number of hydrogen-bond acceptors (Lipinski definition) is 3. The Balaban J connectivity index is 3.13. The van der Waals surface area contributed by atoms with Gasteiger partial charge in [-0.3, -0.25) is 9.59 Å². The van der Waals surface area contributed by atoms with E-state index in [0.717, 1.165) is 0 Å². The zero-order valence-corrected chi connectivity index (χ0v) is 8.20. The van der Waals surface area contributed by atoms with Crippen molar-refractivity contribution >= 4 is 11.6 Å². The highest BCUT2D eigenvalue weighted by Gasteiger charge is 2.06. The minimum atomic E-state index is -0.325. The quantitative estimate of drug-likeness (QED) is 0.667. The Kier molecular flexibility index (Phi) is 2.91. The van der Waals surface area contributed by atoms with E-state index in [-0.39, 0.29) is 23.7 Å². The van der Waals surface area contributed by atoms with Gasteiger partial charge in [-0.2, -0.15) is 0 Å². The highest BCUT2D eigenvalue weighted by atomic mass is 16.2. The van der Waals surface area contributed by atoms with Crippen molar-refractivity contribution in [1.82, 2.24) is 9.88 Å². The van der Waals surface area contributed by atoms with Crippen LogP contribution in [-0.4, -0.2) is 17.5 Å². The van der Waals surface area contributed by atoms with Crippen molar-refractivity contribution in [3.8, 4) is 0 Å². The van der Waals surface area contributed by atoms with Gasteiger partial charge in [-0.05, 0) is 19.1 Å². The SMILES string of the molecule is CNC(=O)Cn1c(C)ccc(N)c1=O. The summed E-state index contributed by atoms with van der Waals surface area (Å²) < 4.78 is 1.34. The number of nitrogens with one attached hydrogen (secondary N) is 1. The van der Waals surface area contributed by atoms with Crippen molar-refractivity contribution in [2.45, 2.75) is 13.5 Å². The van der Waals surface area contributed by atoms with E-state index in [4.69, 9.17) is 5.73 Å². The maximum absolute atomic E-state index is 11.5. The molecule has 3 N–H and O–H groups in total. The van der Waals surface area contributed by atoms with Gasteiger partial charge in [0.25, 0.3) is 5.56 Å². The lowest BCUT2D eigenvalue weighted by Crippen LogP contribution is -2.32. The zero-order valence-electron chi connectivity index (χ0n) is 8.20. The number of carbonyl (C=O) groups excluding carboxylic acids is 1. The summed E-state index contributed by atoms with van der Waals surface area (Å²) in [6.45, 7) is 1.76. The average molecular weight is 195 g/mol. The Bertz CT molecular complexity index is 409. The number of aryl methyl sites for hydroxylation is 1. The smallest absolute Gasteiger partial charge is 0.274 e. The Morgan fingerprint density at radius 2 is 2.21 bits per heavy atom. The third kappa shape index (κ3) is 1.93. The summed E-state index contributed by atoms with van der Waals surface area (Å²) in [5.41, 5.74) is 5.98. The Morgan fingerprint density at radius 3 is 2.79 bits per heavy atom. The van der Waals surface area contributed by atoms with Gasteiger partial charge in [0.05, 0.1) is 5.69 Å². The molecule has 0 saturated carbocycles. The van der Waals surface area contributed by atoms with Crippen molar-refractivity contribution < 1.29 is 4.79 Å². The van der Waals surface area contributed by atoms with Gasteiger partial charge in [0.1, 0.15) is 6.54 Å². The van der Waals surface area contributed by atoms with Crippen molar-refractivity contribution in [3.05, 3.63) is 28.2 Å². The van der Waals surface area contributed by atoms with Crippen LogP contribution in [0.5, 0.6) is 0 Å². The molecule has 14 heavy (non-hydrogen) atoms. The van der Waals surface area contributed by atoms with Crippen LogP contribution < -0.4 is 16.6 Å². The minimum Gasteiger partial charge on any atom is -0.394 e. The zero-order chi connectivity index (χ0) is 10.7. The molecule has 0 unspecified atom stereocenters. The van der Waals surface area contributed by atoms with Gasteiger partial charge < -0.3 is 15.6 Å². The standard InChI is InChI=1S/C9H13N3O2/c1-6-3-4-7(10)9(14)12(6)5-8(13)11-2/h3-4H,5,10H2,1-2H3,(H,11,13). The van der Waals surface area contributed by atoms with Gasteiger partial charge in [-0.1, -0.05) is 0 Å². The second-order valence-corrected chi connectivity index (χ2v) is 2.99. The van der Waals surface area contributed by atoms with Crippen LogP contribution in [-0.2, 0) is 11.3 Å². The van der Waals surface area contributed by atoms with Gasteiger partial charge in [0.15, 0.2) is 0 Å². The second kappa shape index (κ2) is 3.95. The molecule has 1 aromatic heterocycles. The lowest BCUT2D eigenvalue weighted by atomic mass is 10.3. The summed E-state index contributed by atoms with van der Waals surface area (Å²) in [6.07, 6.45) is 0. The molecule has 0 atom stereocenters. The first-order valence-electron chi connectivity index (χ1n) is 4.22. The summed E-state index contributed by atoms with van der Waals surface area (Å²) in [4.78, 5) is 22.6. The van der Waals surface area contributed by atoms with Gasteiger partial charge in [-0.25, -0.2) is 0 Å². The molecule has 1 heterocycles. The molecule has 76 valence electrons. The van der Waals surface area contributed by atoms with E-state index in [2.05, 4.69) is 5.32 Å². The normalized spacial score (nSPS) is 9.86. The number of rotatable bonds is 2. The molecule has 0 saturated heterocycles. The monoisotopic (exact) mass is 195 g/mol. The fourth-order valence-electron chi connectivity index (χ4n) is 1.11. The molecule has 5 nitrogen and oxygen atoms in total. The summed E-state index contributed by atoms with van der Waals surface area (Å²) in [7, 11) is 1.52. The van der Waals surface area contributed by atoms with Gasteiger partial charge >= 0.3 is 0 Å². The molecule has 0 aliphatic carbocycles. The number of pyridine rings is 1. The van der Waals surface area contributed by atoms with Crippen LogP contribution in [0.2, 0.25) is 0 Å². The van der Waals surface area contributed by atoms with Crippen LogP contribution in [0, 0.1) is 6.92 Å². The third-order valence-electron chi connectivity index (χ3n) is 2.00. The largest absolute Gasteiger partial charge is 0.394 e. The molecule has 0 fully saturated rings. The van der Waals surface area contributed by atoms with E-state index in [1.165, 1.54) is 17.7 Å². The van der Waals surface area contributed by atoms with E-state index >= 15 is 0 Å². The number of amides is 1. The Labute approximate surface area is 81.5 Å². The molecular formula is C9H13N3O2. The van der Waals surface area contributed by atoms with Crippen LogP contribution in [0.15, 0.2) is 16.9 Å². The summed E-state index contributed by atoms with van der Waals surface area (Å²) in [5.74, 6) is -0.221. The molecule has 0 aromatic carbocycles. The number of anilines is 1. The fourth-order valence-corrected chi connectivity index (χ4v) is 1.11. The number of aromatic nitrogens is 1. The van der Waals surface area contributed by atoms with Gasteiger partial charge in [-0.15, -0.1) is 0 Å². The van der Waals surface area contributed by atoms with Crippen LogP contribution in [0.1, 0.15) is 5.69 Å². The molecular weight excluding hydrogens is 182 g/mol. The second-order valence-electron chi connectivity index (χ2n) is 2.99. The predicted molar refractivity (Wildman–Crippen MR) is 53.9 cm³/mol. The maximum atomic E-state index is 11.5. The van der Waals surface area contributed by atoms with Crippen LogP contribution >= 0.6 is 0 Å². The molecule has 0 aliphatic heterocycles. The number of nitrogen functional groups attached to an aromatic ring is 1. The molecule has 0 bridgehead atoms. The van der Waals surface area contributed by atoms with Crippen molar-refractivity contribution in [2.75, 3.05) is 12.8 Å². The molecule has 0 spiro atoms. The van der Waals surface area contributed by atoms with Crippen molar-refractivity contribution in [3.63, 3.8) is 0 Å². The van der Waals surface area contributed by atoms with Crippen LogP contribution in [0.4, 0.5) is 5.69 Å². The average Bonchev–Trinajstić information content (AvgIpc) is 2.18. The number of carbonyl (C=O) groups is 1. The Morgan fingerprint density at radius 1 is 1.57 bits per heavy atom. The summed E-state index contributed by atoms with van der Waals surface area (Å²) in [6, 6.07) is 3.25. The maximum Gasteiger partial charge on any atom is 0.274 e. The number of hydrogen-bond donors (Lipinski definition) is 2. The number of likely N-dealkylation sites (N-methyl/N-ethyl adjacent to an activating group) is 1. The van der Waals surface area contributed by atoms with E-state index in [0.29, 0.717) is 5.69 Å². The molecule has 5 heteroatoms. The predicted octanol–water partition coefficient (Wildman–Crippen LogP) is -0.515. The van der Waals surface area contributed by atoms with E-state index in [9.17, 15) is 9.59 Å². The summed E-state index contributed by atoms with van der Waals surface area (Å²) in [5, 5.41) is 2.45. The lowest BCUT2D eigenvalue weighted by Gasteiger charge is -2.08. The minimum absolute atomic E-state index is 0.00616. The van der Waals surface area contributed by atoms with E-state index < -0.39 is 0 Å². The molecule has 1 rings (SSSR count).